The van der Waals surface area contributed by atoms with Crippen LogP contribution in [0.15, 0.2) is 69.9 Å². The lowest BCUT2D eigenvalue weighted by atomic mass is 9.78. The predicted molar refractivity (Wildman–Crippen MR) is 240 cm³/mol. The number of benzene rings is 2. The molecule has 0 amide bonds. The number of halogens is 5. The third-order valence-electron chi connectivity index (χ3n) is 12.0. The van der Waals surface area contributed by atoms with Crippen LogP contribution >= 0.6 is 66.7 Å². The van der Waals surface area contributed by atoms with Gasteiger partial charge in [-0.2, -0.15) is 0 Å². The van der Waals surface area contributed by atoms with E-state index in [1.165, 1.54) is 34.0 Å². The van der Waals surface area contributed by atoms with Gasteiger partial charge in [0.05, 0.1) is 54.6 Å². The molecular weight excluding hydrogens is 911 g/mol. The highest BCUT2D eigenvalue weighted by Gasteiger charge is 2.46. The summed E-state index contributed by atoms with van der Waals surface area (Å²) in [6.45, 7) is 13.3. The van der Waals surface area contributed by atoms with E-state index in [1.54, 1.807) is 0 Å². The van der Waals surface area contributed by atoms with E-state index in [2.05, 4.69) is 84.1 Å². The van der Waals surface area contributed by atoms with E-state index in [-0.39, 0.29) is 10.8 Å². The van der Waals surface area contributed by atoms with Crippen molar-refractivity contribution < 1.29 is 9.47 Å². The quantitative estimate of drug-likeness (QED) is 0.174. The summed E-state index contributed by atoms with van der Waals surface area (Å²) in [5, 5.41) is 7.54. The molecule has 2 aromatic carbocycles. The first-order valence-electron chi connectivity index (χ1n) is 19.2. The maximum Gasteiger partial charge on any atom is 0.0912 e. The zero-order chi connectivity index (χ0) is 40.1. The molecule has 4 aliphatic heterocycles. The normalized spacial score (nSPS) is 17.5. The summed E-state index contributed by atoms with van der Waals surface area (Å²) < 4.78 is 13.1. The van der Waals surface area contributed by atoms with Crippen molar-refractivity contribution in [3.63, 3.8) is 0 Å². The molecule has 13 heteroatoms. The molecule has 0 bridgehead atoms. The minimum atomic E-state index is 0.0306. The van der Waals surface area contributed by atoms with E-state index < -0.39 is 0 Å². The number of aryl methyl sites for hydroxylation is 2. The van der Waals surface area contributed by atoms with E-state index in [4.69, 9.17) is 54.2 Å². The van der Waals surface area contributed by atoms with Gasteiger partial charge in [-0.05, 0) is 121 Å². The van der Waals surface area contributed by atoms with Gasteiger partial charge in [0.25, 0.3) is 0 Å². The molecule has 0 unspecified atom stereocenters. The molecule has 10 rings (SSSR count). The van der Waals surface area contributed by atoms with Crippen molar-refractivity contribution in [2.75, 3.05) is 49.7 Å². The second kappa shape index (κ2) is 16.5. The second-order valence-corrected chi connectivity index (χ2v) is 18.4. The molecule has 1 N–H and O–H groups in total. The Hall–Kier alpha value is -3.09. The van der Waals surface area contributed by atoms with Crippen LogP contribution in [0.5, 0.6) is 0 Å². The fourth-order valence-corrected chi connectivity index (χ4v) is 9.97. The second-order valence-electron chi connectivity index (χ2n) is 15.4. The molecule has 0 radical (unpaired) electrons. The van der Waals surface area contributed by atoms with Crippen molar-refractivity contribution in [3.05, 3.63) is 119 Å². The van der Waals surface area contributed by atoms with Gasteiger partial charge in [-0.1, -0.05) is 59.1 Å². The molecule has 8 heterocycles. The van der Waals surface area contributed by atoms with E-state index in [0.717, 1.165) is 118 Å². The number of hydrogen-bond acceptors (Lipinski definition) is 8. The minimum Gasteiger partial charge on any atom is -0.383 e. The van der Waals surface area contributed by atoms with Crippen LogP contribution in [0.1, 0.15) is 59.6 Å². The van der Waals surface area contributed by atoms with Crippen LogP contribution in [0.3, 0.4) is 0 Å². The minimum absolute atomic E-state index is 0.0306. The van der Waals surface area contributed by atoms with Crippen molar-refractivity contribution in [3.8, 4) is 0 Å². The smallest absolute Gasteiger partial charge is 0.0912 e. The van der Waals surface area contributed by atoms with Crippen LogP contribution in [0.4, 0.5) is 17.1 Å². The third-order valence-corrected chi connectivity index (χ3v) is 14.0. The monoisotopic (exact) mass is 950 g/mol. The van der Waals surface area contributed by atoms with Crippen molar-refractivity contribution >= 4 is 106 Å². The number of nitrogens with one attached hydrogen (secondary N) is 1. The molecule has 6 aromatic rings. The average molecular weight is 954 g/mol. The van der Waals surface area contributed by atoms with Crippen molar-refractivity contribution in [2.45, 2.75) is 64.2 Å². The average Bonchev–Trinajstić information content (AvgIpc) is 3.69. The summed E-state index contributed by atoms with van der Waals surface area (Å²) in [5.41, 5.74) is 12.0. The maximum atomic E-state index is 6.51. The largest absolute Gasteiger partial charge is 0.383 e. The highest BCUT2D eigenvalue weighted by Crippen LogP contribution is 2.51. The number of fused-ring (bicyclic) bond motifs is 6. The Morgan fingerprint density at radius 2 is 1.23 bits per heavy atom. The van der Waals surface area contributed by atoms with E-state index in [9.17, 15) is 0 Å². The molecule has 0 saturated carbocycles. The Bertz CT molecular complexity index is 2510. The lowest BCUT2D eigenvalue weighted by Crippen LogP contribution is -2.38. The number of rotatable bonds is 1. The van der Waals surface area contributed by atoms with Gasteiger partial charge in [-0.15, -0.1) is 0 Å². The molecule has 4 aliphatic rings. The highest BCUT2D eigenvalue weighted by molar-refractivity contribution is 9.10. The summed E-state index contributed by atoms with van der Waals surface area (Å²) >= 11 is 25.8. The lowest BCUT2D eigenvalue weighted by molar-refractivity contribution is 0.0545. The number of nitrogens with zero attached hydrogens (tertiary/aromatic N) is 5. The van der Waals surface area contributed by atoms with E-state index in [0.29, 0.717) is 10.0 Å². The maximum absolute atomic E-state index is 6.51. The molecule has 0 aliphatic carbocycles. The van der Waals surface area contributed by atoms with Crippen LogP contribution < -0.4 is 10.2 Å². The Balaban J connectivity index is 0.000000132. The van der Waals surface area contributed by atoms with Crippen molar-refractivity contribution in [1.29, 1.82) is 0 Å². The fraction of sp³-hybridized carbons (Fsp3) is 0.364. The molecule has 2 fully saturated rings. The van der Waals surface area contributed by atoms with Gasteiger partial charge < -0.3 is 19.7 Å². The molecule has 57 heavy (non-hydrogen) atoms. The fourth-order valence-electron chi connectivity index (χ4n) is 8.59. The summed E-state index contributed by atoms with van der Waals surface area (Å²) in [6, 6.07) is 16.0. The van der Waals surface area contributed by atoms with Gasteiger partial charge in [-0.25, -0.2) is 0 Å². The van der Waals surface area contributed by atoms with Gasteiger partial charge >= 0.3 is 0 Å². The topological polar surface area (TPSA) is 85.3 Å². The van der Waals surface area contributed by atoms with Crippen LogP contribution in [0, 0.1) is 27.7 Å². The summed E-state index contributed by atoms with van der Waals surface area (Å²) in [5.74, 6) is 0. The van der Waals surface area contributed by atoms with Crippen LogP contribution in [-0.2, 0) is 20.3 Å². The number of ether oxygens (including phenoxy) is 2. The molecule has 2 saturated heterocycles. The zero-order valence-electron chi connectivity index (χ0n) is 32.3. The Labute approximate surface area is 365 Å². The number of anilines is 3. The van der Waals surface area contributed by atoms with Crippen molar-refractivity contribution in [1.82, 2.24) is 19.9 Å². The first-order chi connectivity index (χ1) is 27.4. The van der Waals surface area contributed by atoms with Gasteiger partial charge in [0.2, 0.25) is 0 Å². The first-order valence-corrected chi connectivity index (χ1v) is 21.9. The number of hydrogen-bond donors (Lipinski definition) is 1. The Morgan fingerprint density at radius 3 is 1.88 bits per heavy atom. The van der Waals surface area contributed by atoms with Crippen LogP contribution in [0.2, 0.25) is 15.1 Å². The number of pyridine rings is 4. The van der Waals surface area contributed by atoms with Crippen molar-refractivity contribution in [2.24, 2.45) is 0 Å². The van der Waals surface area contributed by atoms with Gasteiger partial charge in [0.1, 0.15) is 0 Å². The lowest BCUT2D eigenvalue weighted by Gasteiger charge is -2.34. The molecule has 4 aromatic heterocycles. The van der Waals surface area contributed by atoms with Crippen LogP contribution in [0.25, 0.3) is 21.8 Å². The SMILES string of the molecule is Brc1cnc2c(c1)NCC21CCOCC1.Cc1nc2c(Cl)cccc2c(Cl)c1C.Cc1nc2c(Cl)cccc2c(N2CC3(CCOCC3)c3ncc(Br)cc32)c1C. The standard InChI is InChI=1S/C22H21BrClN3O.C11H13BrN2O.C11H9Cl2N/c1-13-14(2)26-19-16(4-3-5-17(19)24)20(13)27-12-22(6-8-28-9-7-22)21-18(27)10-15(23)11-25-21;12-8-5-9-10(13-6-8)11(7-14-9)1-3-15-4-2-11;1-6-7(2)14-11-8(10(6)13)4-3-5-9(11)12/h3-5,10-11H,6-9,12H2,1-2H3;5-6,14H,1-4,7H2;3-5H,1-2H3. The zero-order valence-corrected chi connectivity index (χ0v) is 37.7. The first kappa shape index (κ1) is 40.7. The Kier molecular flexibility index (Phi) is 11.8. The Morgan fingerprint density at radius 1 is 0.684 bits per heavy atom. The molecule has 296 valence electrons. The molecular formula is C44H43Br2Cl3N6O2. The third kappa shape index (κ3) is 7.65. The summed E-state index contributed by atoms with van der Waals surface area (Å²) in [4.78, 5) is 21.1. The van der Waals surface area contributed by atoms with Gasteiger partial charge in [-0.3, -0.25) is 19.9 Å². The predicted octanol–water partition coefficient (Wildman–Crippen LogP) is 12.3. The number of para-hydroxylation sites is 2. The summed E-state index contributed by atoms with van der Waals surface area (Å²) in [6.07, 6.45) is 7.96. The van der Waals surface area contributed by atoms with Gasteiger partial charge in [0.15, 0.2) is 0 Å². The molecule has 8 nitrogen and oxygen atoms in total. The number of aromatic nitrogens is 4. The highest BCUT2D eigenvalue weighted by atomic mass is 79.9. The van der Waals surface area contributed by atoms with E-state index in [1.807, 2.05) is 56.6 Å². The van der Waals surface area contributed by atoms with E-state index >= 15 is 0 Å². The van der Waals surface area contributed by atoms with Gasteiger partial charge in [0, 0.05) is 93.8 Å². The molecule has 0 atom stereocenters. The molecule has 2 spiro atoms. The van der Waals surface area contributed by atoms with Crippen LogP contribution in [-0.4, -0.2) is 59.5 Å². The summed E-state index contributed by atoms with van der Waals surface area (Å²) in [7, 11) is 0.